The summed E-state index contributed by atoms with van der Waals surface area (Å²) in [5.41, 5.74) is 4.91. The molecule has 0 amide bonds. The molecule has 0 unspecified atom stereocenters. The number of likely N-dealkylation sites (N-methyl/N-ethyl adjacent to an activating group) is 1. The third kappa shape index (κ3) is 2.63. The molecule has 1 aromatic heterocycles. The smallest absolute Gasteiger partial charge is 0.329 e. The number of hydrogen-bond acceptors (Lipinski definition) is 5. The zero-order chi connectivity index (χ0) is 12.3. The number of nitrogens with one attached hydrogen (secondary N) is 2. The van der Waals surface area contributed by atoms with E-state index in [9.17, 15) is 9.59 Å². The maximum atomic E-state index is 11.5. The minimum absolute atomic E-state index is 0.146. The maximum absolute atomic E-state index is 11.5. The van der Waals surface area contributed by atoms with E-state index >= 15 is 0 Å². The monoisotopic (exact) mass is 227 g/mol. The van der Waals surface area contributed by atoms with Crippen LogP contribution in [-0.2, 0) is 7.05 Å². The van der Waals surface area contributed by atoms with Gasteiger partial charge in [-0.25, -0.2) is 4.79 Å². The fourth-order valence-electron chi connectivity index (χ4n) is 1.21. The second kappa shape index (κ2) is 4.84. The summed E-state index contributed by atoms with van der Waals surface area (Å²) in [5, 5.41) is 2.91. The summed E-state index contributed by atoms with van der Waals surface area (Å²) in [7, 11) is 5.36. The normalized spacial score (nSPS) is 10.8. The Morgan fingerprint density at radius 2 is 2.06 bits per heavy atom. The Morgan fingerprint density at radius 1 is 1.44 bits per heavy atom. The minimum Gasteiger partial charge on any atom is -0.383 e. The standard InChI is InChI=1S/C9H17N5O2/c1-13(2)5-4-11-6-7(10)14(3)9(16)12-8(6)15/h11H,4-5,10H2,1-3H3,(H,12,15,16). The number of nitrogen functional groups attached to an aromatic ring is 1. The lowest BCUT2D eigenvalue weighted by Gasteiger charge is -2.13. The second-order valence-corrected chi connectivity index (χ2v) is 3.81. The molecule has 1 heterocycles. The molecule has 0 aliphatic heterocycles. The van der Waals surface area contributed by atoms with Crippen molar-refractivity contribution in [3.63, 3.8) is 0 Å². The van der Waals surface area contributed by atoms with E-state index in [1.807, 2.05) is 19.0 Å². The van der Waals surface area contributed by atoms with E-state index in [2.05, 4.69) is 10.3 Å². The zero-order valence-corrected chi connectivity index (χ0v) is 9.70. The molecule has 0 fully saturated rings. The van der Waals surface area contributed by atoms with Crippen molar-refractivity contribution in [3.05, 3.63) is 20.8 Å². The van der Waals surface area contributed by atoms with Gasteiger partial charge in [-0.1, -0.05) is 0 Å². The lowest BCUT2D eigenvalue weighted by Crippen LogP contribution is -2.33. The van der Waals surface area contributed by atoms with Crippen molar-refractivity contribution in [3.8, 4) is 0 Å². The van der Waals surface area contributed by atoms with E-state index < -0.39 is 11.2 Å². The summed E-state index contributed by atoms with van der Waals surface area (Å²) in [4.78, 5) is 26.8. The van der Waals surface area contributed by atoms with Gasteiger partial charge >= 0.3 is 5.69 Å². The highest BCUT2D eigenvalue weighted by Gasteiger charge is 2.08. The van der Waals surface area contributed by atoms with Gasteiger partial charge in [-0.05, 0) is 14.1 Å². The number of nitrogens with zero attached hydrogens (tertiary/aromatic N) is 2. The Kier molecular flexibility index (Phi) is 3.73. The van der Waals surface area contributed by atoms with Gasteiger partial charge in [-0.15, -0.1) is 0 Å². The van der Waals surface area contributed by atoms with Gasteiger partial charge < -0.3 is 16.0 Å². The number of nitrogens with two attached hydrogens (primary N) is 1. The van der Waals surface area contributed by atoms with E-state index in [-0.39, 0.29) is 11.5 Å². The number of aromatic amines is 1. The molecular weight excluding hydrogens is 210 g/mol. The van der Waals surface area contributed by atoms with Crippen LogP contribution in [0.15, 0.2) is 9.59 Å². The first-order valence-corrected chi connectivity index (χ1v) is 4.91. The fraction of sp³-hybridized carbons (Fsp3) is 0.556. The molecule has 0 saturated heterocycles. The molecule has 7 nitrogen and oxygen atoms in total. The summed E-state index contributed by atoms with van der Waals surface area (Å²) < 4.78 is 1.19. The van der Waals surface area contributed by atoms with Crippen molar-refractivity contribution in [1.82, 2.24) is 14.5 Å². The number of H-pyrrole nitrogens is 1. The minimum atomic E-state index is -0.513. The molecular formula is C9H17N5O2. The molecule has 7 heteroatoms. The van der Waals surface area contributed by atoms with Gasteiger partial charge in [0.05, 0.1) is 0 Å². The lowest BCUT2D eigenvalue weighted by atomic mass is 10.4. The second-order valence-electron chi connectivity index (χ2n) is 3.81. The van der Waals surface area contributed by atoms with Crippen molar-refractivity contribution in [1.29, 1.82) is 0 Å². The molecule has 0 radical (unpaired) electrons. The van der Waals surface area contributed by atoms with Crippen molar-refractivity contribution >= 4 is 11.5 Å². The van der Waals surface area contributed by atoms with Gasteiger partial charge in [0.2, 0.25) is 0 Å². The van der Waals surface area contributed by atoms with Gasteiger partial charge in [-0.2, -0.15) is 0 Å². The fourth-order valence-corrected chi connectivity index (χ4v) is 1.21. The highest BCUT2D eigenvalue weighted by molar-refractivity contribution is 5.60. The van der Waals surface area contributed by atoms with Crippen molar-refractivity contribution in [2.24, 2.45) is 7.05 Å². The predicted octanol–water partition coefficient (Wildman–Crippen LogP) is -1.37. The molecule has 90 valence electrons. The third-order valence-corrected chi connectivity index (χ3v) is 2.23. The first-order valence-electron chi connectivity index (χ1n) is 4.91. The predicted molar refractivity (Wildman–Crippen MR) is 63.8 cm³/mol. The van der Waals surface area contributed by atoms with Crippen LogP contribution in [0.3, 0.4) is 0 Å². The van der Waals surface area contributed by atoms with E-state index in [1.54, 1.807) is 0 Å². The van der Waals surface area contributed by atoms with Gasteiger partial charge in [0, 0.05) is 20.1 Å². The maximum Gasteiger partial charge on any atom is 0.329 e. The van der Waals surface area contributed by atoms with E-state index in [4.69, 9.17) is 5.73 Å². The average molecular weight is 227 g/mol. The highest BCUT2D eigenvalue weighted by Crippen LogP contribution is 2.07. The zero-order valence-electron chi connectivity index (χ0n) is 9.70. The van der Waals surface area contributed by atoms with Crippen LogP contribution in [0.2, 0.25) is 0 Å². The van der Waals surface area contributed by atoms with E-state index in [1.165, 1.54) is 11.6 Å². The van der Waals surface area contributed by atoms with Gasteiger partial charge in [0.15, 0.2) is 0 Å². The third-order valence-electron chi connectivity index (χ3n) is 2.23. The van der Waals surface area contributed by atoms with Crippen molar-refractivity contribution < 1.29 is 0 Å². The molecule has 0 aromatic carbocycles. The van der Waals surface area contributed by atoms with Crippen LogP contribution in [0.4, 0.5) is 11.5 Å². The summed E-state index contributed by atoms with van der Waals surface area (Å²) >= 11 is 0. The number of rotatable bonds is 4. The molecule has 1 aromatic rings. The molecule has 0 bridgehead atoms. The van der Waals surface area contributed by atoms with Gasteiger partial charge in [0.25, 0.3) is 5.56 Å². The SMILES string of the molecule is CN(C)CCNc1c(N)n(C)c(=O)[nH]c1=O. The highest BCUT2D eigenvalue weighted by atomic mass is 16.2. The molecule has 0 aliphatic rings. The Bertz CT molecular complexity index is 474. The molecule has 0 spiro atoms. The number of hydrogen-bond donors (Lipinski definition) is 3. The number of anilines is 2. The molecule has 0 atom stereocenters. The first kappa shape index (κ1) is 12.3. The van der Waals surface area contributed by atoms with Gasteiger partial charge in [0.1, 0.15) is 11.5 Å². The van der Waals surface area contributed by atoms with Crippen molar-refractivity contribution in [2.45, 2.75) is 0 Å². The summed E-state index contributed by atoms with van der Waals surface area (Å²) in [6.45, 7) is 1.35. The topological polar surface area (TPSA) is 96.2 Å². The van der Waals surface area contributed by atoms with Crippen molar-refractivity contribution in [2.75, 3.05) is 38.2 Å². The Hall–Kier alpha value is -1.76. The molecule has 16 heavy (non-hydrogen) atoms. The van der Waals surface area contributed by atoms with Crippen LogP contribution in [0.25, 0.3) is 0 Å². The molecule has 1 rings (SSSR count). The Balaban J connectivity index is 2.93. The molecule has 0 saturated carbocycles. The Labute approximate surface area is 92.9 Å². The van der Waals surface area contributed by atoms with Crippen LogP contribution in [-0.4, -0.2) is 41.6 Å². The Morgan fingerprint density at radius 3 is 2.62 bits per heavy atom. The molecule has 4 N–H and O–H groups in total. The van der Waals surface area contributed by atoms with E-state index in [0.29, 0.717) is 6.54 Å². The summed E-state index contributed by atoms with van der Waals surface area (Å²) in [6, 6.07) is 0. The first-order chi connectivity index (χ1) is 7.43. The average Bonchev–Trinajstić information content (AvgIpc) is 2.19. The van der Waals surface area contributed by atoms with Crippen LogP contribution in [0, 0.1) is 0 Å². The van der Waals surface area contributed by atoms with Crippen LogP contribution in [0.5, 0.6) is 0 Å². The number of aromatic nitrogens is 2. The lowest BCUT2D eigenvalue weighted by molar-refractivity contribution is 0.425. The van der Waals surface area contributed by atoms with E-state index in [0.717, 1.165) is 6.54 Å². The molecule has 0 aliphatic carbocycles. The summed E-state index contributed by atoms with van der Waals surface area (Å²) in [5.74, 6) is 0.146. The van der Waals surface area contributed by atoms with Gasteiger partial charge in [-0.3, -0.25) is 14.3 Å². The largest absolute Gasteiger partial charge is 0.383 e. The van der Waals surface area contributed by atoms with Crippen LogP contribution < -0.4 is 22.3 Å². The van der Waals surface area contributed by atoms with Crippen LogP contribution >= 0.6 is 0 Å². The van der Waals surface area contributed by atoms with Crippen LogP contribution in [0.1, 0.15) is 0 Å². The summed E-state index contributed by atoms with van der Waals surface area (Å²) in [6.07, 6.45) is 0. The quantitative estimate of drug-likeness (QED) is 0.589.